The molecule has 0 fully saturated rings. The maximum Gasteiger partial charge on any atom is 0.190 e. The Morgan fingerprint density at radius 1 is 1.00 bits per heavy atom. The molecule has 0 atom stereocenters. The van der Waals surface area contributed by atoms with Gasteiger partial charge >= 0.3 is 0 Å². The third-order valence-corrected chi connectivity index (χ3v) is 1.96. The molecule has 0 radical (unpaired) electrons. The van der Waals surface area contributed by atoms with E-state index < -0.39 is 0 Å². The molecule has 1 aromatic carbocycles. The molecule has 2 nitrogen and oxygen atoms in total. The Bertz CT molecular complexity index is 378. The van der Waals surface area contributed by atoms with Crippen molar-refractivity contribution in [1.82, 2.24) is 4.98 Å². The lowest BCUT2D eigenvalue weighted by Gasteiger charge is -1.96. The van der Waals surface area contributed by atoms with Gasteiger partial charge in [0.1, 0.15) is 0 Å². The minimum absolute atomic E-state index is 0.791. The highest BCUT2D eigenvalue weighted by molar-refractivity contribution is 5.60. The van der Waals surface area contributed by atoms with Crippen molar-refractivity contribution in [1.29, 1.82) is 0 Å². The Balaban J connectivity index is 2.36. The first-order valence-electron chi connectivity index (χ1n) is 4.18. The van der Waals surface area contributed by atoms with Gasteiger partial charge in [0, 0.05) is 11.8 Å². The predicted octanol–water partition coefficient (Wildman–Crippen LogP) is 2.69. The number of hydrogen-bond donors (Lipinski definition) is 1. The molecule has 0 aliphatic carbocycles. The molecule has 2 aromatic rings. The molecular weight excluding hydrogens is 162 g/mol. The van der Waals surface area contributed by atoms with E-state index in [2.05, 4.69) is 17.1 Å². The number of methoxy groups -OCH3 is 1. The molecule has 2 rings (SSSR count). The summed E-state index contributed by atoms with van der Waals surface area (Å²) in [6, 6.07) is 14.1. The molecule has 0 unspecified atom stereocenters. The van der Waals surface area contributed by atoms with Crippen LogP contribution >= 0.6 is 0 Å². The first-order chi connectivity index (χ1) is 6.40. The molecule has 0 aliphatic rings. The molecule has 66 valence electrons. The van der Waals surface area contributed by atoms with Crippen molar-refractivity contribution in [3.05, 3.63) is 42.5 Å². The molecule has 0 saturated heterocycles. The van der Waals surface area contributed by atoms with E-state index in [9.17, 15) is 0 Å². The van der Waals surface area contributed by atoms with E-state index in [4.69, 9.17) is 4.74 Å². The average molecular weight is 173 g/mol. The van der Waals surface area contributed by atoms with Gasteiger partial charge in [-0.15, -0.1) is 0 Å². The highest BCUT2D eigenvalue weighted by Gasteiger charge is 1.99. The molecule has 0 saturated carbocycles. The first kappa shape index (κ1) is 7.92. The molecule has 13 heavy (non-hydrogen) atoms. The van der Waals surface area contributed by atoms with Gasteiger partial charge in [0.15, 0.2) is 5.88 Å². The molecule has 1 N–H and O–H groups in total. The average Bonchev–Trinajstić information content (AvgIpc) is 2.67. The van der Waals surface area contributed by atoms with Gasteiger partial charge in [0.25, 0.3) is 0 Å². The van der Waals surface area contributed by atoms with E-state index in [1.54, 1.807) is 7.11 Å². The van der Waals surface area contributed by atoms with Gasteiger partial charge in [-0.1, -0.05) is 30.3 Å². The van der Waals surface area contributed by atoms with Gasteiger partial charge in [0.2, 0.25) is 0 Å². The number of nitrogens with one attached hydrogen (secondary N) is 1. The van der Waals surface area contributed by atoms with E-state index >= 15 is 0 Å². The normalized spacial score (nSPS) is 9.92. The highest BCUT2D eigenvalue weighted by Crippen LogP contribution is 2.20. The molecule has 0 spiro atoms. The van der Waals surface area contributed by atoms with Gasteiger partial charge in [-0.05, 0) is 11.6 Å². The topological polar surface area (TPSA) is 25.0 Å². The Morgan fingerprint density at radius 3 is 2.38 bits per heavy atom. The van der Waals surface area contributed by atoms with E-state index in [-0.39, 0.29) is 0 Å². The molecule has 0 aliphatic heterocycles. The third kappa shape index (κ3) is 1.56. The van der Waals surface area contributed by atoms with Crippen LogP contribution in [-0.2, 0) is 0 Å². The fourth-order valence-corrected chi connectivity index (χ4v) is 1.28. The fourth-order valence-electron chi connectivity index (χ4n) is 1.28. The summed E-state index contributed by atoms with van der Waals surface area (Å²) < 4.78 is 5.06. The lowest BCUT2D eigenvalue weighted by molar-refractivity contribution is 0.401. The van der Waals surface area contributed by atoms with Crippen LogP contribution in [0.4, 0.5) is 0 Å². The van der Waals surface area contributed by atoms with Gasteiger partial charge in [-0.25, -0.2) is 0 Å². The standard InChI is InChI=1S/C11H11NO/c1-13-11-8-7-10(12-11)9-5-3-2-4-6-9/h2-8,12H,1H3. The number of aromatic amines is 1. The van der Waals surface area contributed by atoms with Crippen molar-refractivity contribution < 1.29 is 4.74 Å². The maximum atomic E-state index is 5.06. The van der Waals surface area contributed by atoms with E-state index in [1.165, 1.54) is 5.56 Å². The van der Waals surface area contributed by atoms with E-state index in [0.29, 0.717) is 0 Å². The number of aromatic nitrogens is 1. The summed E-state index contributed by atoms with van der Waals surface area (Å²) >= 11 is 0. The van der Waals surface area contributed by atoms with Crippen LogP contribution in [0.1, 0.15) is 0 Å². The number of H-pyrrole nitrogens is 1. The maximum absolute atomic E-state index is 5.06. The zero-order valence-corrected chi connectivity index (χ0v) is 7.45. The second kappa shape index (κ2) is 3.35. The van der Waals surface area contributed by atoms with Crippen LogP contribution < -0.4 is 4.74 Å². The van der Waals surface area contributed by atoms with Crippen molar-refractivity contribution in [3.63, 3.8) is 0 Å². The van der Waals surface area contributed by atoms with Gasteiger partial charge in [-0.2, -0.15) is 0 Å². The van der Waals surface area contributed by atoms with Crippen LogP contribution in [0, 0.1) is 0 Å². The quantitative estimate of drug-likeness (QED) is 0.742. The number of hydrogen-bond acceptors (Lipinski definition) is 1. The van der Waals surface area contributed by atoms with Crippen LogP contribution in [-0.4, -0.2) is 12.1 Å². The lowest BCUT2D eigenvalue weighted by atomic mass is 10.2. The largest absolute Gasteiger partial charge is 0.482 e. The summed E-state index contributed by atoms with van der Waals surface area (Å²) in [4.78, 5) is 3.16. The Kier molecular flexibility index (Phi) is 2.04. The summed E-state index contributed by atoms with van der Waals surface area (Å²) in [5.74, 6) is 0.791. The Hall–Kier alpha value is -1.70. The molecule has 1 aromatic heterocycles. The Morgan fingerprint density at radius 2 is 1.77 bits per heavy atom. The first-order valence-corrected chi connectivity index (χ1v) is 4.18. The summed E-state index contributed by atoms with van der Waals surface area (Å²) in [5.41, 5.74) is 2.25. The molecule has 1 heterocycles. The molecule has 0 bridgehead atoms. The van der Waals surface area contributed by atoms with Crippen LogP contribution in [0.25, 0.3) is 11.3 Å². The van der Waals surface area contributed by atoms with E-state index in [0.717, 1.165) is 11.6 Å². The molecular formula is C11H11NO. The Labute approximate surface area is 77.2 Å². The van der Waals surface area contributed by atoms with Crippen molar-refractivity contribution in [3.8, 4) is 17.1 Å². The number of ether oxygens (including phenoxy) is 1. The molecule has 0 amide bonds. The molecule has 2 heteroatoms. The van der Waals surface area contributed by atoms with Crippen LogP contribution in [0.15, 0.2) is 42.5 Å². The SMILES string of the molecule is COc1ccc(-c2ccccc2)[nH]1. The van der Waals surface area contributed by atoms with Crippen molar-refractivity contribution in [2.24, 2.45) is 0 Å². The van der Waals surface area contributed by atoms with Crippen molar-refractivity contribution >= 4 is 0 Å². The van der Waals surface area contributed by atoms with Gasteiger partial charge < -0.3 is 9.72 Å². The van der Waals surface area contributed by atoms with Crippen LogP contribution in [0.2, 0.25) is 0 Å². The zero-order valence-electron chi connectivity index (χ0n) is 7.45. The monoisotopic (exact) mass is 173 g/mol. The minimum atomic E-state index is 0.791. The lowest BCUT2D eigenvalue weighted by Crippen LogP contribution is -1.81. The summed E-state index contributed by atoms with van der Waals surface area (Å²) in [5, 5.41) is 0. The van der Waals surface area contributed by atoms with Gasteiger partial charge in [0.05, 0.1) is 7.11 Å². The number of rotatable bonds is 2. The summed E-state index contributed by atoms with van der Waals surface area (Å²) in [7, 11) is 1.65. The van der Waals surface area contributed by atoms with Crippen molar-refractivity contribution in [2.75, 3.05) is 7.11 Å². The fraction of sp³-hybridized carbons (Fsp3) is 0.0909. The summed E-state index contributed by atoms with van der Waals surface area (Å²) in [6.07, 6.45) is 0. The third-order valence-electron chi connectivity index (χ3n) is 1.96. The number of benzene rings is 1. The predicted molar refractivity (Wildman–Crippen MR) is 52.8 cm³/mol. The zero-order chi connectivity index (χ0) is 9.10. The van der Waals surface area contributed by atoms with E-state index in [1.807, 2.05) is 30.3 Å². The van der Waals surface area contributed by atoms with Gasteiger partial charge in [-0.3, -0.25) is 0 Å². The second-order valence-electron chi connectivity index (χ2n) is 2.81. The van der Waals surface area contributed by atoms with Crippen molar-refractivity contribution in [2.45, 2.75) is 0 Å². The van der Waals surface area contributed by atoms with Crippen LogP contribution in [0.5, 0.6) is 5.88 Å². The summed E-state index contributed by atoms with van der Waals surface area (Å²) in [6.45, 7) is 0. The second-order valence-corrected chi connectivity index (χ2v) is 2.81. The smallest absolute Gasteiger partial charge is 0.190 e. The highest BCUT2D eigenvalue weighted by atomic mass is 16.5. The van der Waals surface area contributed by atoms with Crippen LogP contribution in [0.3, 0.4) is 0 Å². The minimum Gasteiger partial charge on any atom is -0.482 e.